The van der Waals surface area contributed by atoms with Gasteiger partial charge in [0.15, 0.2) is 0 Å². The van der Waals surface area contributed by atoms with Crippen molar-refractivity contribution in [3.8, 4) is 0 Å². The van der Waals surface area contributed by atoms with Crippen molar-refractivity contribution in [3.63, 3.8) is 0 Å². The number of likely N-dealkylation sites (tertiary alicyclic amines) is 1. The molecular formula is C32H36N4O2S. The molecule has 3 amide bonds. The van der Waals surface area contributed by atoms with Crippen molar-refractivity contribution >= 4 is 29.0 Å². The molecule has 4 heterocycles. The van der Waals surface area contributed by atoms with Gasteiger partial charge in [0, 0.05) is 51.0 Å². The van der Waals surface area contributed by atoms with Gasteiger partial charge in [0.2, 0.25) is 0 Å². The highest BCUT2D eigenvalue weighted by Gasteiger charge is 2.59. The van der Waals surface area contributed by atoms with Crippen LogP contribution in [0.25, 0.3) is 0 Å². The Morgan fingerprint density at radius 2 is 1.49 bits per heavy atom. The lowest BCUT2D eigenvalue weighted by Gasteiger charge is -2.42. The molecule has 3 aliphatic heterocycles. The molecule has 2 aromatic carbocycles. The van der Waals surface area contributed by atoms with Gasteiger partial charge in [-0.2, -0.15) is 11.3 Å². The zero-order valence-electron chi connectivity index (χ0n) is 22.4. The standard InChI is InChI=1S/C32H36N4O2S/c37-30-32(12-16-33(17-13-32)21-24-7-9-28(10-8-24)34-14-3-4-15-34)35(22-25-11-18-39-23-25)31(38)36(30)29-19-26-5-1-2-6-27(26)20-29/h1-2,5-11,18,23,29H,3-4,12-17,19-22H2. The van der Waals surface area contributed by atoms with Gasteiger partial charge in [-0.15, -0.1) is 0 Å². The fourth-order valence-corrected chi connectivity index (χ4v) is 7.83. The normalized spacial score (nSPS) is 21.5. The van der Waals surface area contributed by atoms with Crippen LogP contribution in [0.15, 0.2) is 65.4 Å². The summed E-state index contributed by atoms with van der Waals surface area (Å²) in [5.41, 5.74) is 5.52. The Bertz CT molecular complexity index is 1320. The minimum atomic E-state index is -0.746. The molecule has 0 bridgehead atoms. The van der Waals surface area contributed by atoms with Crippen molar-refractivity contribution in [1.29, 1.82) is 0 Å². The predicted octanol–water partition coefficient (Wildman–Crippen LogP) is 5.31. The topological polar surface area (TPSA) is 47.1 Å². The molecule has 1 spiro atoms. The molecule has 6 nitrogen and oxygen atoms in total. The largest absolute Gasteiger partial charge is 0.372 e. The van der Waals surface area contributed by atoms with E-state index in [0.29, 0.717) is 19.4 Å². The number of piperidine rings is 1. The van der Waals surface area contributed by atoms with Gasteiger partial charge in [-0.05, 0) is 89.7 Å². The molecule has 0 radical (unpaired) electrons. The van der Waals surface area contributed by atoms with Crippen LogP contribution >= 0.6 is 11.3 Å². The third-order valence-corrected chi connectivity index (χ3v) is 10.1. The Kier molecular flexibility index (Phi) is 6.44. The van der Waals surface area contributed by atoms with E-state index in [2.05, 4.69) is 69.8 Å². The molecule has 0 saturated carbocycles. The van der Waals surface area contributed by atoms with Crippen LogP contribution < -0.4 is 4.90 Å². The van der Waals surface area contributed by atoms with E-state index >= 15 is 0 Å². The third-order valence-electron chi connectivity index (χ3n) is 9.38. The first-order valence-corrected chi connectivity index (χ1v) is 15.3. The lowest BCUT2D eigenvalue weighted by molar-refractivity contribution is -0.137. The quantitative estimate of drug-likeness (QED) is 0.398. The fourth-order valence-electron chi connectivity index (χ4n) is 7.17. The number of rotatable bonds is 6. The van der Waals surface area contributed by atoms with E-state index in [1.165, 1.54) is 35.2 Å². The van der Waals surface area contributed by atoms with Crippen LogP contribution in [0.5, 0.6) is 0 Å². The van der Waals surface area contributed by atoms with Gasteiger partial charge in [0.05, 0.1) is 0 Å². The summed E-state index contributed by atoms with van der Waals surface area (Å²) in [5.74, 6) is 0.0233. The highest BCUT2D eigenvalue weighted by Crippen LogP contribution is 2.41. The summed E-state index contributed by atoms with van der Waals surface area (Å²) in [6.45, 7) is 5.32. The molecule has 3 fully saturated rings. The van der Waals surface area contributed by atoms with Gasteiger partial charge in [-0.25, -0.2) is 4.79 Å². The van der Waals surface area contributed by atoms with Crippen LogP contribution in [0.1, 0.15) is 47.9 Å². The summed E-state index contributed by atoms with van der Waals surface area (Å²) in [4.78, 5) is 36.7. The lowest BCUT2D eigenvalue weighted by Crippen LogP contribution is -2.56. The first-order valence-electron chi connectivity index (χ1n) is 14.4. The minimum Gasteiger partial charge on any atom is -0.372 e. The number of hydrogen-bond donors (Lipinski definition) is 0. The number of thiophene rings is 1. The average molecular weight is 541 g/mol. The number of nitrogens with zero attached hydrogens (tertiary/aromatic N) is 4. The Balaban J connectivity index is 1.08. The molecule has 1 aliphatic carbocycles. The Labute approximate surface area is 234 Å². The van der Waals surface area contributed by atoms with Crippen molar-refractivity contribution in [1.82, 2.24) is 14.7 Å². The Hall–Kier alpha value is -3.16. The molecule has 7 heteroatoms. The zero-order chi connectivity index (χ0) is 26.4. The number of amides is 3. The summed E-state index contributed by atoms with van der Waals surface area (Å²) in [6.07, 6.45) is 5.46. The molecule has 3 saturated heterocycles. The van der Waals surface area contributed by atoms with E-state index in [1.54, 1.807) is 16.2 Å². The number of anilines is 1. The number of imide groups is 1. The number of fused-ring (bicyclic) bond motifs is 1. The Morgan fingerprint density at radius 1 is 0.795 bits per heavy atom. The maximum Gasteiger partial charge on any atom is 0.328 e. The molecule has 7 rings (SSSR count). The third kappa shape index (κ3) is 4.45. The molecule has 0 unspecified atom stereocenters. The van der Waals surface area contributed by atoms with Gasteiger partial charge >= 0.3 is 6.03 Å². The summed E-state index contributed by atoms with van der Waals surface area (Å²) >= 11 is 1.64. The molecule has 3 aromatic rings. The summed E-state index contributed by atoms with van der Waals surface area (Å²) in [5, 5.41) is 4.15. The van der Waals surface area contributed by atoms with Gasteiger partial charge in [-0.3, -0.25) is 14.6 Å². The van der Waals surface area contributed by atoms with Crippen LogP contribution in [-0.4, -0.2) is 64.4 Å². The molecule has 0 N–H and O–H groups in total. The smallest absolute Gasteiger partial charge is 0.328 e. The zero-order valence-corrected chi connectivity index (χ0v) is 23.2. The van der Waals surface area contributed by atoms with Crippen LogP contribution in [-0.2, 0) is 30.7 Å². The van der Waals surface area contributed by atoms with Gasteiger partial charge in [0.1, 0.15) is 5.54 Å². The number of carbonyl (C=O) groups is 2. The molecule has 39 heavy (non-hydrogen) atoms. The van der Waals surface area contributed by atoms with Crippen molar-refractivity contribution in [2.24, 2.45) is 0 Å². The summed E-state index contributed by atoms with van der Waals surface area (Å²) in [6, 6.07) is 19.3. The maximum atomic E-state index is 14.2. The van der Waals surface area contributed by atoms with Crippen molar-refractivity contribution < 1.29 is 9.59 Å². The van der Waals surface area contributed by atoms with E-state index in [1.807, 2.05) is 10.3 Å². The number of urea groups is 1. The van der Waals surface area contributed by atoms with E-state index in [4.69, 9.17) is 0 Å². The molecule has 202 valence electrons. The van der Waals surface area contributed by atoms with Crippen LogP contribution in [0.4, 0.5) is 10.5 Å². The second-order valence-electron chi connectivity index (χ2n) is 11.7. The van der Waals surface area contributed by atoms with Crippen molar-refractivity contribution in [2.75, 3.05) is 31.1 Å². The SMILES string of the molecule is O=C1N(C2Cc3ccccc3C2)C(=O)C2(CCN(Cc3ccc(N4CCCC4)cc3)CC2)N1Cc1ccsc1. The highest BCUT2D eigenvalue weighted by molar-refractivity contribution is 7.07. The minimum absolute atomic E-state index is 0.0233. The van der Waals surface area contributed by atoms with Crippen LogP contribution in [0.2, 0.25) is 0 Å². The predicted molar refractivity (Wildman–Crippen MR) is 155 cm³/mol. The molecule has 0 atom stereocenters. The monoisotopic (exact) mass is 540 g/mol. The van der Waals surface area contributed by atoms with E-state index in [9.17, 15) is 9.59 Å². The van der Waals surface area contributed by atoms with Crippen LogP contribution in [0, 0.1) is 0 Å². The molecular weight excluding hydrogens is 504 g/mol. The second kappa shape index (κ2) is 10.1. The molecule has 1 aromatic heterocycles. The number of hydrogen-bond acceptors (Lipinski definition) is 5. The van der Waals surface area contributed by atoms with Crippen molar-refractivity contribution in [3.05, 3.63) is 87.6 Å². The average Bonchev–Trinajstić information content (AvgIpc) is 3.77. The van der Waals surface area contributed by atoms with E-state index in [0.717, 1.165) is 51.1 Å². The maximum absolute atomic E-state index is 14.2. The summed E-state index contributed by atoms with van der Waals surface area (Å²) < 4.78 is 0. The lowest BCUT2D eigenvalue weighted by atomic mass is 9.85. The Morgan fingerprint density at radius 3 is 2.13 bits per heavy atom. The number of carbonyl (C=O) groups excluding carboxylic acids is 2. The highest BCUT2D eigenvalue weighted by atomic mass is 32.1. The van der Waals surface area contributed by atoms with E-state index < -0.39 is 5.54 Å². The second-order valence-corrected chi connectivity index (χ2v) is 12.5. The van der Waals surface area contributed by atoms with Crippen LogP contribution in [0.3, 0.4) is 0 Å². The van der Waals surface area contributed by atoms with Gasteiger partial charge < -0.3 is 9.80 Å². The summed E-state index contributed by atoms with van der Waals surface area (Å²) in [7, 11) is 0. The molecule has 4 aliphatic rings. The number of benzene rings is 2. The van der Waals surface area contributed by atoms with Gasteiger partial charge in [-0.1, -0.05) is 36.4 Å². The van der Waals surface area contributed by atoms with E-state index in [-0.39, 0.29) is 18.0 Å². The first-order chi connectivity index (χ1) is 19.1. The fraction of sp³-hybridized carbons (Fsp3) is 0.438. The van der Waals surface area contributed by atoms with Gasteiger partial charge in [0.25, 0.3) is 5.91 Å². The van der Waals surface area contributed by atoms with Crippen molar-refractivity contribution in [2.45, 2.75) is 63.2 Å². The first kappa shape index (κ1) is 24.9.